The van der Waals surface area contributed by atoms with E-state index in [2.05, 4.69) is 25.0 Å². The molecule has 194 valence electrons. The van der Waals surface area contributed by atoms with E-state index in [-0.39, 0.29) is 28.8 Å². The molecule has 2 bridgehead atoms. The highest BCUT2D eigenvalue weighted by Crippen LogP contribution is 2.33. The molecule has 2 atom stereocenters. The summed E-state index contributed by atoms with van der Waals surface area (Å²) in [6.07, 6.45) is 4.47. The first kappa shape index (κ1) is 23.9. The normalized spacial score (nSPS) is 22.1. The molecule has 0 radical (unpaired) electrons. The molecule has 0 spiro atoms. The average molecular weight is 525 g/mol. The Hall–Kier alpha value is -3.51. The molecule has 11 nitrogen and oxygen atoms in total. The summed E-state index contributed by atoms with van der Waals surface area (Å²) in [6, 6.07) is 9.28. The predicted octanol–water partition coefficient (Wildman–Crippen LogP) is 2.86. The molecule has 2 saturated heterocycles. The maximum absolute atomic E-state index is 11.9. The van der Waals surface area contributed by atoms with Gasteiger partial charge in [0.15, 0.2) is 15.7 Å². The summed E-state index contributed by atoms with van der Waals surface area (Å²) in [5, 5.41) is 4.91. The van der Waals surface area contributed by atoms with Crippen molar-refractivity contribution < 1.29 is 22.4 Å². The van der Waals surface area contributed by atoms with Gasteiger partial charge in [-0.3, -0.25) is 0 Å². The monoisotopic (exact) mass is 524 g/mol. The van der Waals surface area contributed by atoms with Crippen LogP contribution in [0.1, 0.15) is 25.6 Å². The Bertz CT molecular complexity index is 1530. The van der Waals surface area contributed by atoms with Gasteiger partial charge in [0.2, 0.25) is 5.88 Å². The number of aromatic nitrogens is 5. The van der Waals surface area contributed by atoms with Crippen molar-refractivity contribution in [1.29, 1.82) is 0 Å². The quantitative estimate of drug-likeness (QED) is 0.372. The molecular weight excluding hydrogens is 496 g/mol. The summed E-state index contributed by atoms with van der Waals surface area (Å²) < 4.78 is 43.6. The summed E-state index contributed by atoms with van der Waals surface area (Å²) in [6.45, 7) is 6.60. The maximum atomic E-state index is 11.9. The minimum atomic E-state index is -3.29. The first-order chi connectivity index (χ1) is 17.8. The number of nitrogens with zero attached hydrogens (tertiary/aromatic N) is 6. The van der Waals surface area contributed by atoms with E-state index in [0.29, 0.717) is 49.8 Å². The van der Waals surface area contributed by atoms with Crippen LogP contribution in [-0.2, 0) is 14.6 Å². The second-order valence-electron chi connectivity index (χ2n) is 10.0. The summed E-state index contributed by atoms with van der Waals surface area (Å²) in [4.78, 5) is 15.8. The number of rotatable bonds is 6. The number of hydrogen-bond donors (Lipinski definition) is 0. The molecule has 4 aromatic rings. The Kier molecular flexibility index (Phi) is 5.87. The Morgan fingerprint density at radius 2 is 1.86 bits per heavy atom. The zero-order chi connectivity index (χ0) is 25.7. The molecule has 12 heteroatoms. The highest BCUT2D eigenvalue weighted by Gasteiger charge is 2.43. The lowest BCUT2D eigenvalue weighted by Gasteiger charge is -2.45. The summed E-state index contributed by atoms with van der Waals surface area (Å²) in [7, 11) is -3.29. The molecule has 0 saturated carbocycles. The van der Waals surface area contributed by atoms with Crippen molar-refractivity contribution in [2.75, 3.05) is 37.5 Å². The SMILES string of the molecule is CC(C)c1noc(N2CC3COCC(C2)C3Oc2cc(-n3ccc4cc(S(C)(=O)=O)ccc43)ncn2)n1. The Morgan fingerprint density at radius 1 is 1.08 bits per heavy atom. The molecule has 2 unspecified atom stereocenters. The first-order valence-electron chi connectivity index (χ1n) is 12.2. The van der Waals surface area contributed by atoms with Gasteiger partial charge in [-0.05, 0) is 24.3 Å². The van der Waals surface area contributed by atoms with Crippen molar-refractivity contribution in [2.24, 2.45) is 11.8 Å². The third kappa shape index (κ3) is 4.55. The second kappa shape index (κ2) is 9.10. The first-order valence-corrected chi connectivity index (χ1v) is 14.1. The average Bonchev–Trinajstić information content (AvgIpc) is 3.51. The van der Waals surface area contributed by atoms with Crippen LogP contribution >= 0.6 is 0 Å². The minimum Gasteiger partial charge on any atom is -0.473 e. The van der Waals surface area contributed by atoms with Crippen LogP contribution in [0.2, 0.25) is 0 Å². The van der Waals surface area contributed by atoms with Gasteiger partial charge in [0.05, 0.1) is 23.6 Å². The van der Waals surface area contributed by atoms with E-state index >= 15 is 0 Å². The lowest BCUT2D eigenvalue weighted by atomic mass is 9.84. The molecule has 0 N–H and O–H groups in total. The van der Waals surface area contributed by atoms with Crippen molar-refractivity contribution in [3.8, 4) is 11.7 Å². The molecule has 37 heavy (non-hydrogen) atoms. The fourth-order valence-electron chi connectivity index (χ4n) is 5.05. The predicted molar refractivity (Wildman–Crippen MR) is 135 cm³/mol. The highest BCUT2D eigenvalue weighted by molar-refractivity contribution is 7.90. The Morgan fingerprint density at radius 3 is 2.57 bits per heavy atom. The summed E-state index contributed by atoms with van der Waals surface area (Å²) in [5.41, 5.74) is 0.843. The zero-order valence-corrected chi connectivity index (χ0v) is 21.6. The largest absolute Gasteiger partial charge is 0.473 e. The van der Waals surface area contributed by atoms with Gasteiger partial charge in [0.1, 0.15) is 18.2 Å². The molecule has 2 aliphatic heterocycles. The van der Waals surface area contributed by atoms with Crippen molar-refractivity contribution in [3.05, 3.63) is 48.7 Å². The second-order valence-corrected chi connectivity index (χ2v) is 12.0. The van der Waals surface area contributed by atoms with Crippen molar-refractivity contribution in [3.63, 3.8) is 0 Å². The van der Waals surface area contributed by atoms with E-state index in [9.17, 15) is 8.42 Å². The summed E-state index contributed by atoms with van der Waals surface area (Å²) >= 11 is 0. The third-order valence-electron chi connectivity index (χ3n) is 6.94. The van der Waals surface area contributed by atoms with Crippen LogP contribution in [0.5, 0.6) is 5.88 Å². The van der Waals surface area contributed by atoms with E-state index in [4.69, 9.17) is 14.0 Å². The van der Waals surface area contributed by atoms with Crippen LogP contribution in [0.25, 0.3) is 16.7 Å². The van der Waals surface area contributed by atoms with E-state index in [0.717, 1.165) is 10.9 Å². The van der Waals surface area contributed by atoms with E-state index < -0.39 is 9.84 Å². The van der Waals surface area contributed by atoms with Gasteiger partial charge in [-0.25, -0.2) is 18.4 Å². The topological polar surface area (TPSA) is 125 Å². The molecule has 3 aromatic heterocycles. The van der Waals surface area contributed by atoms with E-state index in [1.54, 1.807) is 24.3 Å². The molecule has 0 amide bonds. The molecule has 0 aliphatic carbocycles. The van der Waals surface area contributed by atoms with E-state index in [1.165, 1.54) is 12.6 Å². The number of benzene rings is 1. The molecule has 2 fully saturated rings. The molecular formula is C25H28N6O5S. The standard InChI is InChI=1S/C25H28N6O5S/c1-15(2)24-28-25(36-29-24)30-10-17-12-34-13-18(11-30)23(17)35-22-9-21(26-14-27-22)31-7-6-16-8-19(37(3,32)33)4-5-20(16)31/h4-9,14-15,17-18,23H,10-13H2,1-3H3. The van der Waals surface area contributed by atoms with Crippen molar-refractivity contribution >= 4 is 26.8 Å². The Balaban J connectivity index is 1.22. The Labute approximate surface area is 214 Å². The molecule has 1 aromatic carbocycles. The number of ether oxygens (including phenoxy) is 2. The van der Waals surface area contributed by atoms with Crippen LogP contribution in [0, 0.1) is 11.8 Å². The van der Waals surface area contributed by atoms with Crippen LogP contribution in [0.4, 0.5) is 6.01 Å². The number of anilines is 1. The number of sulfone groups is 1. The molecule has 6 rings (SSSR count). The summed E-state index contributed by atoms with van der Waals surface area (Å²) in [5.74, 6) is 2.25. The smallest absolute Gasteiger partial charge is 0.324 e. The van der Waals surface area contributed by atoms with Crippen molar-refractivity contribution in [1.82, 2.24) is 24.7 Å². The van der Waals surface area contributed by atoms with Crippen LogP contribution in [0.15, 0.2) is 52.3 Å². The fraction of sp³-hybridized carbons (Fsp3) is 0.440. The zero-order valence-electron chi connectivity index (χ0n) is 20.8. The van der Waals surface area contributed by atoms with Gasteiger partial charge >= 0.3 is 6.01 Å². The van der Waals surface area contributed by atoms with E-state index in [1.807, 2.05) is 30.7 Å². The number of piperidine rings is 1. The number of hydrogen-bond acceptors (Lipinski definition) is 10. The van der Waals surface area contributed by atoms with Gasteiger partial charge in [-0.2, -0.15) is 4.98 Å². The van der Waals surface area contributed by atoms with Crippen molar-refractivity contribution in [2.45, 2.75) is 30.8 Å². The lowest BCUT2D eigenvalue weighted by Crippen LogP contribution is -2.57. The fourth-order valence-corrected chi connectivity index (χ4v) is 5.71. The van der Waals surface area contributed by atoms with Crippen LogP contribution < -0.4 is 9.64 Å². The van der Waals surface area contributed by atoms with Gasteiger partial charge in [-0.1, -0.05) is 19.0 Å². The maximum Gasteiger partial charge on any atom is 0.324 e. The molecule has 5 heterocycles. The van der Waals surface area contributed by atoms with Gasteiger partial charge in [0, 0.05) is 54.7 Å². The van der Waals surface area contributed by atoms with Crippen LogP contribution in [0.3, 0.4) is 0 Å². The van der Waals surface area contributed by atoms with Crippen LogP contribution in [-0.4, -0.2) is 71.8 Å². The minimum absolute atomic E-state index is 0.0704. The third-order valence-corrected chi connectivity index (χ3v) is 8.05. The van der Waals surface area contributed by atoms with Gasteiger partial charge < -0.3 is 23.5 Å². The lowest BCUT2D eigenvalue weighted by molar-refractivity contribution is -0.0775. The molecule has 2 aliphatic rings. The number of fused-ring (bicyclic) bond motifs is 3. The van der Waals surface area contributed by atoms with Gasteiger partial charge in [0.25, 0.3) is 0 Å². The highest BCUT2D eigenvalue weighted by atomic mass is 32.2. The van der Waals surface area contributed by atoms with Gasteiger partial charge in [-0.15, -0.1) is 0 Å².